The van der Waals surface area contributed by atoms with Gasteiger partial charge in [0.15, 0.2) is 0 Å². The second-order valence-corrected chi connectivity index (χ2v) is 17.8. The third-order valence-electron chi connectivity index (χ3n) is 10.4. The van der Waals surface area contributed by atoms with Crippen molar-refractivity contribution in [2.24, 2.45) is 0 Å². The molecule has 0 aliphatic carbocycles. The maximum absolute atomic E-state index is 13.7. The summed E-state index contributed by atoms with van der Waals surface area (Å²) in [5, 5.41) is 21.8. The normalized spacial score (nSPS) is 11.6. The zero-order valence-electron chi connectivity index (χ0n) is 43.3. The van der Waals surface area contributed by atoms with Gasteiger partial charge >= 0.3 is 6.18 Å². The van der Waals surface area contributed by atoms with Crippen LogP contribution in [-0.4, -0.2) is 181 Å². The minimum absolute atomic E-state index is 0.284. The number of ether oxygens (including phenoxy) is 13. The number of nitrogens with zero attached hydrogens (tertiary/aromatic N) is 4. The van der Waals surface area contributed by atoms with E-state index in [0.717, 1.165) is 17.0 Å². The van der Waals surface area contributed by atoms with E-state index in [4.69, 9.17) is 61.6 Å². The molecule has 5 rings (SSSR count). The molecule has 0 aliphatic rings. The predicted molar refractivity (Wildman–Crippen MR) is 283 cm³/mol. The molecule has 0 bridgehead atoms. The maximum atomic E-state index is 13.7. The van der Waals surface area contributed by atoms with Crippen molar-refractivity contribution in [3.8, 4) is 39.8 Å². The standard InChI is InChI=1S/C53H69F3N6O13S2/c1-63-13-14-65-17-18-67-21-22-69-25-26-71-29-30-73-33-34-74-32-31-72-28-27-70-24-23-68-20-19-66-16-15-64-12-11-58-40-47-36-44(9-10-59-47)49-38-43(42-3-2-4-46(35-42)53(54,55)56)5-7-51(49)75-50-8-6-48(37-45(50)39-57)77-62-52-61-60-41-76-52/h2-10,35-38,41,58H,11-34,40H2,1H3,(H,61,62). The van der Waals surface area contributed by atoms with Crippen molar-refractivity contribution >= 4 is 28.4 Å². The number of nitrogens with one attached hydrogen (secondary N) is 2. The van der Waals surface area contributed by atoms with Gasteiger partial charge < -0.3 is 71.6 Å². The van der Waals surface area contributed by atoms with Gasteiger partial charge in [0, 0.05) is 36.9 Å². The molecule has 2 aromatic heterocycles. The van der Waals surface area contributed by atoms with Gasteiger partial charge in [-0.25, -0.2) is 0 Å². The van der Waals surface area contributed by atoms with Crippen molar-refractivity contribution in [3.63, 3.8) is 0 Å². The lowest BCUT2D eigenvalue weighted by Gasteiger charge is -2.16. The summed E-state index contributed by atoms with van der Waals surface area (Å²) in [7, 11) is 1.64. The van der Waals surface area contributed by atoms with Crippen LogP contribution in [0.1, 0.15) is 16.8 Å². The van der Waals surface area contributed by atoms with Crippen LogP contribution in [0.15, 0.2) is 89.4 Å². The Balaban J connectivity index is 0.868. The van der Waals surface area contributed by atoms with E-state index in [1.807, 2.05) is 6.07 Å². The van der Waals surface area contributed by atoms with Crippen LogP contribution in [0.4, 0.5) is 18.3 Å². The highest BCUT2D eigenvalue weighted by Gasteiger charge is 2.30. The van der Waals surface area contributed by atoms with E-state index in [2.05, 4.69) is 31.3 Å². The summed E-state index contributed by atoms with van der Waals surface area (Å²) >= 11 is 2.62. The number of hydrogen-bond donors (Lipinski definition) is 2. The Morgan fingerprint density at radius 2 is 1.09 bits per heavy atom. The Bertz CT molecular complexity index is 2380. The second kappa shape index (κ2) is 39.4. The van der Waals surface area contributed by atoms with Gasteiger partial charge in [-0.3, -0.25) is 4.98 Å². The Morgan fingerprint density at radius 3 is 1.60 bits per heavy atom. The molecule has 24 heteroatoms. The van der Waals surface area contributed by atoms with Gasteiger partial charge in [0.25, 0.3) is 0 Å². The van der Waals surface area contributed by atoms with Gasteiger partial charge in [0.1, 0.15) is 23.1 Å². The molecule has 0 spiro atoms. The van der Waals surface area contributed by atoms with Crippen molar-refractivity contribution in [3.05, 3.63) is 101 Å². The fourth-order valence-corrected chi connectivity index (χ4v) is 7.80. The Kier molecular flexibility index (Phi) is 32.2. The van der Waals surface area contributed by atoms with Crippen LogP contribution < -0.4 is 14.8 Å². The molecule has 0 aliphatic heterocycles. The van der Waals surface area contributed by atoms with Crippen LogP contribution in [0.2, 0.25) is 0 Å². The van der Waals surface area contributed by atoms with Gasteiger partial charge in [0.05, 0.1) is 169 Å². The van der Waals surface area contributed by atoms with Gasteiger partial charge in [-0.15, -0.1) is 10.2 Å². The molecule has 0 amide bonds. The minimum Gasteiger partial charge on any atom is -0.455 e. The van der Waals surface area contributed by atoms with E-state index in [-0.39, 0.29) is 5.56 Å². The first kappa shape index (κ1) is 62.9. The topological polar surface area (TPSA) is 207 Å². The number of nitriles is 1. The predicted octanol–water partition coefficient (Wildman–Crippen LogP) is 7.99. The van der Waals surface area contributed by atoms with E-state index in [1.165, 1.54) is 29.4 Å². The smallest absolute Gasteiger partial charge is 0.416 e. The fourth-order valence-electron chi connectivity index (χ4n) is 6.63. The molecular formula is C53H69F3N6O13S2. The molecule has 0 radical (unpaired) electrons. The van der Waals surface area contributed by atoms with Gasteiger partial charge in [-0.05, 0) is 83.2 Å². The molecule has 19 nitrogen and oxygen atoms in total. The molecule has 5 aromatic rings. The fraction of sp³-hybridized carbons (Fsp3) is 0.509. The quantitative estimate of drug-likeness (QED) is 0.0280. The minimum atomic E-state index is -4.50. The van der Waals surface area contributed by atoms with Gasteiger partial charge in [-0.2, -0.15) is 18.4 Å². The molecule has 3 aromatic carbocycles. The van der Waals surface area contributed by atoms with Crippen LogP contribution in [-0.2, 0) is 69.6 Å². The molecular weight excluding hydrogens is 1050 g/mol. The number of rotatable bonds is 45. The summed E-state index contributed by atoms with van der Waals surface area (Å²) in [4.78, 5) is 5.28. The zero-order valence-corrected chi connectivity index (χ0v) is 44.9. The van der Waals surface area contributed by atoms with Crippen LogP contribution in [0, 0.1) is 11.3 Å². The lowest BCUT2D eigenvalue weighted by molar-refractivity contribution is -0.137. The van der Waals surface area contributed by atoms with Gasteiger partial charge in [0.2, 0.25) is 5.13 Å². The van der Waals surface area contributed by atoms with Crippen LogP contribution in [0.5, 0.6) is 11.5 Å². The first-order valence-electron chi connectivity index (χ1n) is 25.1. The van der Waals surface area contributed by atoms with E-state index in [9.17, 15) is 18.4 Å². The zero-order chi connectivity index (χ0) is 54.3. The maximum Gasteiger partial charge on any atom is 0.416 e. The lowest BCUT2D eigenvalue weighted by atomic mass is 9.97. The number of anilines is 1. The monoisotopic (exact) mass is 1120 g/mol. The summed E-state index contributed by atoms with van der Waals surface area (Å²) in [6.45, 7) is 12.0. The number of methoxy groups -OCH3 is 1. The highest BCUT2D eigenvalue weighted by molar-refractivity contribution is 8.00. The molecule has 0 fully saturated rings. The first-order chi connectivity index (χ1) is 37.8. The first-order valence-corrected chi connectivity index (χ1v) is 26.8. The third kappa shape index (κ3) is 27.0. The van der Waals surface area contributed by atoms with Crippen LogP contribution in [0.25, 0.3) is 22.3 Å². The summed E-state index contributed by atoms with van der Waals surface area (Å²) in [5.41, 5.74) is 4.10. The molecule has 2 heterocycles. The van der Waals surface area contributed by atoms with Crippen molar-refractivity contribution in [2.45, 2.75) is 17.6 Å². The van der Waals surface area contributed by atoms with Crippen molar-refractivity contribution in [1.82, 2.24) is 20.5 Å². The molecule has 0 saturated heterocycles. The molecule has 0 unspecified atom stereocenters. The van der Waals surface area contributed by atoms with Crippen molar-refractivity contribution in [1.29, 1.82) is 5.26 Å². The number of benzene rings is 3. The summed E-state index contributed by atoms with van der Waals surface area (Å²) < 4.78 is 116. The van der Waals surface area contributed by atoms with E-state index >= 15 is 0 Å². The SMILES string of the molecule is COCCOCCOCCOCCOCCOCCOCCOCCOCCOCCOCCOCCNCc1cc(-c2cc(-c3cccc(C(F)(F)F)c3)ccc2Oc2ccc(SNc3nncs3)cc2C#N)ccn1. The lowest BCUT2D eigenvalue weighted by Crippen LogP contribution is -2.21. The van der Waals surface area contributed by atoms with E-state index < -0.39 is 11.7 Å². The number of hydrogen-bond acceptors (Lipinski definition) is 21. The largest absolute Gasteiger partial charge is 0.455 e. The molecule has 422 valence electrons. The Morgan fingerprint density at radius 1 is 0.571 bits per heavy atom. The van der Waals surface area contributed by atoms with Crippen molar-refractivity contribution < 1.29 is 74.8 Å². The third-order valence-corrected chi connectivity index (χ3v) is 11.9. The summed E-state index contributed by atoms with van der Waals surface area (Å²) in [6, 6.07) is 21.4. The molecule has 2 N–H and O–H groups in total. The Labute approximate surface area is 456 Å². The number of halogens is 3. The van der Waals surface area contributed by atoms with E-state index in [1.54, 1.807) is 67.3 Å². The second-order valence-electron chi connectivity index (χ2n) is 16.1. The van der Waals surface area contributed by atoms with Crippen LogP contribution in [0.3, 0.4) is 0 Å². The molecule has 0 atom stereocenters. The summed E-state index contributed by atoms with van der Waals surface area (Å²) in [5.74, 6) is 0.704. The number of aromatic nitrogens is 3. The van der Waals surface area contributed by atoms with Crippen LogP contribution >= 0.6 is 23.3 Å². The molecule has 77 heavy (non-hydrogen) atoms. The van der Waals surface area contributed by atoms with E-state index in [0.29, 0.717) is 210 Å². The molecule has 0 saturated carbocycles. The summed E-state index contributed by atoms with van der Waals surface area (Å²) in [6.07, 6.45) is -2.84. The Hall–Kier alpha value is -4.92. The average Bonchev–Trinajstić information content (AvgIpc) is 3.99. The number of pyridine rings is 1. The highest BCUT2D eigenvalue weighted by atomic mass is 32.2. The highest BCUT2D eigenvalue weighted by Crippen LogP contribution is 2.40. The number of alkyl halides is 3. The average molecular weight is 1120 g/mol. The van der Waals surface area contributed by atoms with Gasteiger partial charge in [-0.1, -0.05) is 29.5 Å². The van der Waals surface area contributed by atoms with Crippen molar-refractivity contribution in [2.75, 3.05) is 170 Å².